The van der Waals surface area contributed by atoms with Crippen LogP contribution in [0.2, 0.25) is 0 Å². The van der Waals surface area contributed by atoms with E-state index in [1.165, 1.54) is 6.07 Å². The first-order chi connectivity index (χ1) is 15.7. The van der Waals surface area contributed by atoms with Gasteiger partial charge >= 0.3 is 0 Å². The smallest absolute Gasteiger partial charge is 0.224 e. The summed E-state index contributed by atoms with van der Waals surface area (Å²) in [6.45, 7) is 1.29. The number of ketones is 2. The van der Waals surface area contributed by atoms with Crippen molar-refractivity contribution in [3.05, 3.63) is 47.2 Å². The maximum atomic E-state index is 13.0. The molecule has 1 heterocycles. The standard InChI is InChI=1S/C25H30N2O6.H2O.2H2/c1-14-4-6-27-20(8-14)17-2-3-21(30)25-18(17)10-15(11-23(25)32)9-16(5-7-28)19(13-29)22(31)12-24(26)33;;;/h2-4,6,8,15-16,19,28-30H,5,7,9-13H2,1H3,(H2,26,33);1H2;2*1H. The summed E-state index contributed by atoms with van der Waals surface area (Å²) < 4.78 is 0. The molecule has 1 aliphatic carbocycles. The van der Waals surface area contributed by atoms with Crippen LogP contribution >= 0.6 is 0 Å². The lowest BCUT2D eigenvalue weighted by Gasteiger charge is -2.31. The lowest BCUT2D eigenvalue weighted by atomic mass is 9.72. The van der Waals surface area contributed by atoms with Gasteiger partial charge in [0.15, 0.2) is 5.78 Å². The average molecular weight is 477 g/mol. The van der Waals surface area contributed by atoms with E-state index in [4.69, 9.17) is 5.73 Å². The normalized spacial score (nSPS) is 16.8. The van der Waals surface area contributed by atoms with Crippen LogP contribution < -0.4 is 5.73 Å². The molecule has 3 rings (SSSR count). The Morgan fingerprint density at radius 2 is 1.97 bits per heavy atom. The van der Waals surface area contributed by atoms with Crippen molar-refractivity contribution in [2.45, 2.75) is 39.0 Å². The molecule has 1 amide bonds. The third kappa shape index (κ3) is 6.05. The van der Waals surface area contributed by atoms with Crippen LogP contribution in [0.3, 0.4) is 0 Å². The highest BCUT2D eigenvalue weighted by molar-refractivity contribution is 6.03. The summed E-state index contributed by atoms with van der Waals surface area (Å²) in [5.41, 5.74) is 8.65. The highest BCUT2D eigenvalue weighted by Gasteiger charge is 2.35. The number of primary amides is 1. The van der Waals surface area contributed by atoms with Crippen molar-refractivity contribution >= 4 is 17.5 Å². The van der Waals surface area contributed by atoms with Crippen molar-refractivity contribution in [3.8, 4) is 17.0 Å². The zero-order valence-corrected chi connectivity index (χ0v) is 19.2. The van der Waals surface area contributed by atoms with E-state index < -0.39 is 36.6 Å². The number of phenolic OH excluding ortho intramolecular Hbond substituents is 1. The van der Waals surface area contributed by atoms with Gasteiger partial charge < -0.3 is 26.5 Å². The van der Waals surface area contributed by atoms with Gasteiger partial charge in [-0.25, -0.2) is 0 Å². The Bertz CT molecular complexity index is 1060. The first kappa shape index (κ1) is 27.1. The molecular weight excluding hydrogens is 440 g/mol. The van der Waals surface area contributed by atoms with Crippen molar-refractivity contribution < 1.29 is 38.0 Å². The third-order valence-electron chi connectivity index (χ3n) is 6.39. The molecule has 9 heteroatoms. The zero-order valence-electron chi connectivity index (χ0n) is 19.2. The first-order valence-electron chi connectivity index (χ1n) is 11.1. The third-order valence-corrected chi connectivity index (χ3v) is 6.39. The molecule has 3 atom stereocenters. The molecule has 0 fully saturated rings. The predicted molar refractivity (Wildman–Crippen MR) is 129 cm³/mol. The molecule has 1 aromatic heterocycles. The van der Waals surface area contributed by atoms with E-state index in [-0.39, 0.29) is 45.2 Å². The number of aryl methyl sites for hydroxylation is 1. The number of phenols is 1. The summed E-state index contributed by atoms with van der Waals surface area (Å²) in [5, 5.41) is 29.8. The first-order valence-corrected chi connectivity index (χ1v) is 11.1. The number of aromatic hydroxyl groups is 1. The maximum absolute atomic E-state index is 13.0. The predicted octanol–water partition coefficient (Wildman–Crippen LogP) is 1.62. The number of nitrogens with zero attached hydrogens (tertiary/aromatic N) is 1. The molecule has 0 saturated heterocycles. The van der Waals surface area contributed by atoms with Crippen LogP contribution in [-0.2, 0) is 16.0 Å². The number of aliphatic hydroxyl groups is 2. The Morgan fingerprint density at radius 1 is 1.24 bits per heavy atom. The highest BCUT2D eigenvalue weighted by Crippen LogP contribution is 2.40. The Balaban J connectivity index is 0.00000408. The second-order valence-corrected chi connectivity index (χ2v) is 8.81. The Hall–Kier alpha value is -3.14. The monoisotopic (exact) mass is 476 g/mol. The number of fused-ring (bicyclic) bond motifs is 1. The maximum Gasteiger partial charge on any atom is 0.224 e. The van der Waals surface area contributed by atoms with Gasteiger partial charge in [0.05, 0.1) is 24.3 Å². The number of pyridine rings is 1. The lowest BCUT2D eigenvalue weighted by Crippen LogP contribution is -2.33. The quantitative estimate of drug-likeness (QED) is 0.375. The number of carbonyl (C=O) groups excluding carboxylic acids is 3. The molecule has 7 N–H and O–H groups in total. The van der Waals surface area contributed by atoms with Crippen molar-refractivity contribution in [1.29, 1.82) is 0 Å². The number of hydrogen-bond acceptors (Lipinski definition) is 7. The fourth-order valence-corrected chi connectivity index (χ4v) is 4.87. The molecule has 0 radical (unpaired) electrons. The van der Waals surface area contributed by atoms with Gasteiger partial charge in [-0.1, -0.05) is 0 Å². The van der Waals surface area contributed by atoms with E-state index in [0.717, 1.165) is 11.1 Å². The highest BCUT2D eigenvalue weighted by atomic mass is 16.3. The van der Waals surface area contributed by atoms with Crippen LogP contribution in [-0.4, -0.2) is 56.5 Å². The summed E-state index contributed by atoms with van der Waals surface area (Å²) in [6, 6.07) is 7.06. The van der Waals surface area contributed by atoms with Gasteiger partial charge in [-0.3, -0.25) is 19.4 Å². The van der Waals surface area contributed by atoms with Gasteiger partial charge in [-0.2, -0.15) is 0 Å². The summed E-state index contributed by atoms with van der Waals surface area (Å²) >= 11 is 0. The van der Waals surface area contributed by atoms with Crippen LogP contribution in [0.4, 0.5) is 0 Å². The van der Waals surface area contributed by atoms with E-state index in [0.29, 0.717) is 29.7 Å². The number of hydrogen-bond donors (Lipinski definition) is 4. The molecule has 188 valence electrons. The second-order valence-electron chi connectivity index (χ2n) is 8.81. The molecule has 0 aliphatic heterocycles. The van der Waals surface area contributed by atoms with Gasteiger partial charge in [0, 0.05) is 33.6 Å². The number of rotatable bonds is 10. The Morgan fingerprint density at radius 3 is 2.59 bits per heavy atom. The molecule has 1 aromatic carbocycles. The number of nitrogens with two attached hydrogens (primary N) is 1. The minimum absolute atomic E-state index is 0. The van der Waals surface area contributed by atoms with Crippen LogP contribution in [0.5, 0.6) is 5.75 Å². The number of amides is 1. The summed E-state index contributed by atoms with van der Waals surface area (Å²) in [4.78, 5) is 41.1. The minimum atomic E-state index is -0.844. The fraction of sp³-hybridized carbons (Fsp3) is 0.440. The van der Waals surface area contributed by atoms with Gasteiger partial charge in [-0.05, 0) is 73.4 Å². The SMILES string of the molecule is Cc1ccnc(-c2ccc(O)c3c2CC(CC(CCO)C(CO)C(=O)CC(N)=O)CC3=O)c1.O.[HH].[HH]. The van der Waals surface area contributed by atoms with E-state index in [9.17, 15) is 29.7 Å². The zero-order chi connectivity index (χ0) is 24.1. The molecule has 0 saturated carbocycles. The van der Waals surface area contributed by atoms with Crippen molar-refractivity contribution in [2.75, 3.05) is 13.2 Å². The second kappa shape index (κ2) is 11.8. The molecule has 0 bridgehead atoms. The Kier molecular flexibility index (Phi) is 9.43. The molecule has 1 aliphatic rings. The van der Waals surface area contributed by atoms with Crippen LogP contribution in [0.1, 0.15) is 50.0 Å². The summed E-state index contributed by atoms with van der Waals surface area (Å²) in [7, 11) is 0. The topological polar surface area (TPSA) is 182 Å². The molecular formula is C25H36N2O7. The largest absolute Gasteiger partial charge is 0.507 e. The van der Waals surface area contributed by atoms with E-state index in [1.54, 1.807) is 12.3 Å². The molecule has 34 heavy (non-hydrogen) atoms. The molecule has 3 unspecified atom stereocenters. The fourth-order valence-electron chi connectivity index (χ4n) is 4.87. The van der Waals surface area contributed by atoms with Crippen molar-refractivity contribution in [1.82, 2.24) is 4.98 Å². The number of aliphatic hydroxyl groups excluding tert-OH is 2. The molecule has 2 aromatic rings. The minimum Gasteiger partial charge on any atom is -0.507 e. The van der Waals surface area contributed by atoms with Gasteiger partial charge in [0.1, 0.15) is 11.5 Å². The molecule has 0 spiro atoms. The van der Waals surface area contributed by atoms with Gasteiger partial charge in [0.2, 0.25) is 5.91 Å². The van der Waals surface area contributed by atoms with Crippen LogP contribution in [0.25, 0.3) is 11.3 Å². The van der Waals surface area contributed by atoms with Crippen molar-refractivity contribution in [2.24, 2.45) is 23.5 Å². The van der Waals surface area contributed by atoms with Gasteiger partial charge in [0.25, 0.3) is 0 Å². The Labute approximate surface area is 200 Å². The number of aromatic nitrogens is 1. The van der Waals surface area contributed by atoms with E-state index in [2.05, 4.69) is 4.98 Å². The number of benzene rings is 1. The summed E-state index contributed by atoms with van der Waals surface area (Å²) in [5.74, 6) is -2.92. The van der Waals surface area contributed by atoms with Crippen LogP contribution in [0, 0.1) is 24.7 Å². The summed E-state index contributed by atoms with van der Waals surface area (Å²) in [6.07, 6.45) is 2.52. The van der Waals surface area contributed by atoms with Crippen molar-refractivity contribution in [3.63, 3.8) is 0 Å². The van der Waals surface area contributed by atoms with E-state index in [1.807, 2.05) is 19.1 Å². The van der Waals surface area contributed by atoms with E-state index >= 15 is 0 Å². The lowest BCUT2D eigenvalue weighted by molar-refractivity contribution is -0.131. The average Bonchev–Trinajstić information content (AvgIpc) is 2.73. The van der Waals surface area contributed by atoms with Gasteiger partial charge in [-0.15, -0.1) is 0 Å². The molecule has 9 nitrogen and oxygen atoms in total. The number of Topliss-reactive ketones (excluding diaryl/α,β-unsaturated/α-hetero) is 2. The number of carbonyl (C=O) groups is 3. The van der Waals surface area contributed by atoms with Crippen LogP contribution in [0.15, 0.2) is 30.5 Å².